The lowest BCUT2D eigenvalue weighted by Gasteiger charge is -2.33. The van der Waals surface area contributed by atoms with Gasteiger partial charge in [-0.25, -0.2) is 0 Å². The van der Waals surface area contributed by atoms with E-state index in [1.165, 1.54) is 16.7 Å². The second-order valence-corrected chi connectivity index (χ2v) is 8.72. The fourth-order valence-electron chi connectivity index (χ4n) is 4.43. The minimum absolute atomic E-state index is 0.0332. The van der Waals surface area contributed by atoms with Crippen LogP contribution in [0.4, 0.5) is 11.4 Å². The molecule has 1 atom stereocenters. The van der Waals surface area contributed by atoms with Crippen molar-refractivity contribution in [3.05, 3.63) is 69.0 Å². The molecule has 0 spiro atoms. The summed E-state index contributed by atoms with van der Waals surface area (Å²) in [4.78, 5) is 20.1. The Bertz CT molecular complexity index is 1140. The van der Waals surface area contributed by atoms with Crippen molar-refractivity contribution in [2.24, 2.45) is 0 Å². The van der Waals surface area contributed by atoms with Crippen LogP contribution in [0.3, 0.4) is 0 Å². The van der Waals surface area contributed by atoms with E-state index in [1.54, 1.807) is 0 Å². The van der Waals surface area contributed by atoms with Gasteiger partial charge in [-0.15, -0.1) is 0 Å². The van der Waals surface area contributed by atoms with Crippen LogP contribution in [0, 0.1) is 20.8 Å². The molecule has 158 valence electrons. The van der Waals surface area contributed by atoms with Gasteiger partial charge in [0.2, 0.25) is 0 Å². The number of aliphatic hydroxyl groups excluding tert-OH is 1. The summed E-state index contributed by atoms with van der Waals surface area (Å²) in [6.45, 7) is 8.48. The molecule has 3 aromatic rings. The topological polar surface area (TPSA) is 59.6 Å². The van der Waals surface area contributed by atoms with Gasteiger partial charge in [0.05, 0.1) is 6.10 Å². The Labute approximate surface area is 178 Å². The van der Waals surface area contributed by atoms with Gasteiger partial charge in [-0.2, -0.15) is 0 Å². The number of nitrogens with one attached hydrogen (secondary N) is 1. The minimum atomic E-state index is -0.242. The van der Waals surface area contributed by atoms with Gasteiger partial charge in [-0.1, -0.05) is 0 Å². The van der Waals surface area contributed by atoms with Crippen LogP contribution in [-0.2, 0) is 6.54 Å². The van der Waals surface area contributed by atoms with E-state index < -0.39 is 0 Å². The predicted molar refractivity (Wildman–Crippen MR) is 125 cm³/mol. The van der Waals surface area contributed by atoms with E-state index in [1.807, 2.05) is 19.2 Å². The van der Waals surface area contributed by atoms with Gasteiger partial charge in [-0.3, -0.25) is 4.79 Å². The molecule has 0 bridgehead atoms. The third-order valence-electron chi connectivity index (χ3n) is 6.30. The highest BCUT2D eigenvalue weighted by Gasteiger charge is 2.19. The molecule has 0 amide bonds. The highest BCUT2D eigenvalue weighted by Crippen LogP contribution is 2.28. The van der Waals surface area contributed by atoms with Gasteiger partial charge in [0.15, 0.2) is 0 Å². The molecule has 0 aliphatic carbocycles. The number of anilines is 2. The number of pyridine rings is 1. The van der Waals surface area contributed by atoms with Crippen LogP contribution in [0.2, 0.25) is 0 Å². The first-order chi connectivity index (χ1) is 14.3. The van der Waals surface area contributed by atoms with Crippen molar-refractivity contribution in [1.82, 2.24) is 4.98 Å². The van der Waals surface area contributed by atoms with Gasteiger partial charge in [0.25, 0.3) is 5.56 Å². The zero-order valence-electron chi connectivity index (χ0n) is 18.3. The lowest BCUT2D eigenvalue weighted by atomic mass is 10.0. The van der Waals surface area contributed by atoms with E-state index >= 15 is 0 Å². The van der Waals surface area contributed by atoms with Crippen LogP contribution in [-0.4, -0.2) is 36.3 Å². The van der Waals surface area contributed by atoms with Gasteiger partial charge in [0, 0.05) is 49.1 Å². The number of β-amino-alcohol motifs (C(OH)–C–C–N with tert-alkyl or cyclic N) is 1. The Balaban J connectivity index is 1.57. The SMILES string of the molecule is Cc1cc2cc(CN(C)c3ccc(N4CCCC(O)C4)cc3C)c(=O)[nH]c2cc1C. The Kier molecular flexibility index (Phi) is 5.56. The van der Waals surface area contributed by atoms with Crippen molar-refractivity contribution in [3.63, 3.8) is 0 Å². The van der Waals surface area contributed by atoms with Crippen LogP contribution < -0.4 is 15.4 Å². The number of nitrogens with zero attached hydrogens (tertiary/aromatic N) is 2. The normalized spacial score (nSPS) is 16.8. The molecule has 5 heteroatoms. The maximum atomic E-state index is 12.7. The molecule has 0 radical (unpaired) electrons. The summed E-state index contributed by atoms with van der Waals surface area (Å²) < 4.78 is 0. The first-order valence-electron chi connectivity index (χ1n) is 10.7. The number of aromatic amines is 1. The molecule has 2 heterocycles. The number of fused-ring (bicyclic) bond motifs is 1. The van der Waals surface area contributed by atoms with Crippen LogP contribution in [0.5, 0.6) is 0 Å². The number of hydrogen-bond acceptors (Lipinski definition) is 4. The number of piperidine rings is 1. The van der Waals surface area contributed by atoms with Crippen molar-refractivity contribution in [3.8, 4) is 0 Å². The van der Waals surface area contributed by atoms with Crippen molar-refractivity contribution >= 4 is 22.3 Å². The first kappa shape index (κ1) is 20.5. The average molecular weight is 406 g/mol. The Morgan fingerprint density at radius 1 is 1.10 bits per heavy atom. The molecular formula is C25H31N3O2. The van der Waals surface area contributed by atoms with E-state index in [-0.39, 0.29) is 11.7 Å². The summed E-state index contributed by atoms with van der Waals surface area (Å²) in [7, 11) is 2.02. The molecule has 1 aromatic heterocycles. The molecule has 1 saturated heterocycles. The van der Waals surface area contributed by atoms with Crippen molar-refractivity contribution < 1.29 is 5.11 Å². The smallest absolute Gasteiger partial charge is 0.253 e. The number of aromatic nitrogens is 1. The lowest BCUT2D eigenvalue weighted by Crippen LogP contribution is -2.38. The second kappa shape index (κ2) is 8.15. The summed E-state index contributed by atoms with van der Waals surface area (Å²) in [6, 6.07) is 12.6. The van der Waals surface area contributed by atoms with Gasteiger partial charge in [-0.05, 0) is 92.1 Å². The lowest BCUT2D eigenvalue weighted by molar-refractivity contribution is 0.154. The molecule has 2 aromatic carbocycles. The molecule has 1 fully saturated rings. The zero-order valence-corrected chi connectivity index (χ0v) is 18.3. The summed E-state index contributed by atoms with van der Waals surface area (Å²) in [5.74, 6) is 0. The molecule has 1 unspecified atom stereocenters. The minimum Gasteiger partial charge on any atom is -0.391 e. The molecular weight excluding hydrogens is 374 g/mol. The number of H-pyrrole nitrogens is 1. The Hall–Kier alpha value is -2.79. The van der Waals surface area contributed by atoms with Crippen molar-refractivity contribution in [2.45, 2.75) is 46.3 Å². The summed E-state index contributed by atoms with van der Waals surface area (Å²) in [6.07, 6.45) is 1.66. The molecule has 0 saturated carbocycles. The van der Waals surface area contributed by atoms with Gasteiger partial charge < -0.3 is 19.9 Å². The zero-order chi connectivity index (χ0) is 21.4. The van der Waals surface area contributed by atoms with Crippen LogP contribution in [0.1, 0.15) is 35.1 Å². The number of aliphatic hydroxyl groups is 1. The quantitative estimate of drug-likeness (QED) is 0.688. The van der Waals surface area contributed by atoms with Crippen LogP contribution in [0.15, 0.2) is 41.2 Å². The molecule has 30 heavy (non-hydrogen) atoms. The highest BCUT2D eigenvalue weighted by molar-refractivity contribution is 5.80. The van der Waals surface area contributed by atoms with E-state index in [4.69, 9.17) is 0 Å². The molecule has 2 N–H and O–H groups in total. The van der Waals surface area contributed by atoms with E-state index in [0.29, 0.717) is 13.1 Å². The van der Waals surface area contributed by atoms with E-state index in [9.17, 15) is 9.90 Å². The summed E-state index contributed by atoms with van der Waals surface area (Å²) in [5.41, 5.74) is 7.44. The van der Waals surface area contributed by atoms with Gasteiger partial charge in [0.1, 0.15) is 0 Å². The monoisotopic (exact) mass is 405 g/mol. The van der Waals surface area contributed by atoms with Crippen molar-refractivity contribution in [2.75, 3.05) is 29.9 Å². The average Bonchev–Trinajstić information content (AvgIpc) is 2.70. The number of benzene rings is 2. The number of hydrogen-bond donors (Lipinski definition) is 2. The number of aryl methyl sites for hydroxylation is 3. The predicted octanol–water partition coefficient (Wildman–Crippen LogP) is 4.05. The third kappa shape index (κ3) is 4.08. The fourth-order valence-corrected chi connectivity index (χ4v) is 4.43. The van der Waals surface area contributed by atoms with Crippen LogP contribution >= 0.6 is 0 Å². The molecule has 1 aliphatic heterocycles. The molecule has 1 aliphatic rings. The molecule has 4 rings (SSSR count). The maximum Gasteiger partial charge on any atom is 0.253 e. The summed E-state index contributed by atoms with van der Waals surface area (Å²) in [5, 5.41) is 11.0. The first-order valence-corrected chi connectivity index (χ1v) is 10.7. The van der Waals surface area contributed by atoms with E-state index in [0.717, 1.165) is 47.2 Å². The van der Waals surface area contributed by atoms with Gasteiger partial charge >= 0.3 is 0 Å². The Morgan fingerprint density at radius 3 is 2.60 bits per heavy atom. The maximum absolute atomic E-state index is 12.7. The highest BCUT2D eigenvalue weighted by atomic mass is 16.3. The van der Waals surface area contributed by atoms with Crippen LogP contribution in [0.25, 0.3) is 10.9 Å². The summed E-state index contributed by atoms with van der Waals surface area (Å²) >= 11 is 0. The van der Waals surface area contributed by atoms with E-state index in [2.05, 4.69) is 59.8 Å². The standard InChI is InChI=1S/C25H31N3O2/c1-16-10-19-13-20(25(30)26-23(19)12-17(16)2)14-27(4)24-8-7-21(11-18(24)3)28-9-5-6-22(29)15-28/h7-8,10-13,22,29H,5-6,9,14-15H2,1-4H3,(H,26,30). The second-order valence-electron chi connectivity index (χ2n) is 8.72. The largest absolute Gasteiger partial charge is 0.391 e. The number of rotatable bonds is 4. The third-order valence-corrected chi connectivity index (χ3v) is 6.30. The van der Waals surface area contributed by atoms with Crippen molar-refractivity contribution in [1.29, 1.82) is 0 Å². The molecule has 5 nitrogen and oxygen atoms in total. The Morgan fingerprint density at radius 2 is 1.87 bits per heavy atom. The fraction of sp³-hybridized carbons (Fsp3) is 0.400.